The van der Waals surface area contributed by atoms with E-state index < -0.39 is 0 Å². The Morgan fingerprint density at radius 3 is 2.41 bits per heavy atom. The molecule has 0 atom stereocenters. The summed E-state index contributed by atoms with van der Waals surface area (Å²) in [5, 5.41) is 12.5. The van der Waals surface area contributed by atoms with Gasteiger partial charge in [-0.05, 0) is 30.7 Å². The van der Waals surface area contributed by atoms with Gasteiger partial charge in [0, 0.05) is 18.2 Å². The lowest BCUT2D eigenvalue weighted by Crippen LogP contribution is -2.09. The first-order valence-electron chi connectivity index (χ1n) is 8.46. The summed E-state index contributed by atoms with van der Waals surface area (Å²) >= 11 is 0. The molecule has 0 saturated carbocycles. The average Bonchev–Trinajstić information content (AvgIpc) is 2.88. The molecule has 0 bridgehead atoms. The number of aromatic nitrogens is 1. The number of pyridine rings is 1. The zero-order valence-corrected chi connectivity index (χ0v) is 15.4. The molecule has 0 saturated heterocycles. The summed E-state index contributed by atoms with van der Waals surface area (Å²) < 4.78 is 5.35. The predicted molar refractivity (Wildman–Crippen MR) is 107 cm³/mol. The maximum Gasteiger partial charge on any atom is 0.232 e. The first-order valence-corrected chi connectivity index (χ1v) is 8.46. The molecule has 1 aromatic heterocycles. The van der Waals surface area contributed by atoms with Crippen LogP contribution in [0, 0.1) is 18.3 Å². The van der Waals surface area contributed by atoms with Crippen LogP contribution >= 0.6 is 0 Å². The topological polar surface area (TPSA) is 75.0 Å². The quantitative estimate of drug-likeness (QED) is 0.764. The Bertz CT molecular complexity index is 1080. The number of aryl methyl sites for hydroxylation is 1. The van der Waals surface area contributed by atoms with E-state index in [-0.39, 0.29) is 11.3 Å². The molecule has 0 aliphatic carbocycles. The van der Waals surface area contributed by atoms with Gasteiger partial charge in [0.05, 0.1) is 18.5 Å². The molecule has 3 aromatic rings. The Morgan fingerprint density at radius 1 is 1.07 bits per heavy atom. The zero-order valence-electron chi connectivity index (χ0n) is 15.4. The highest BCUT2D eigenvalue weighted by Crippen LogP contribution is 2.32. The van der Waals surface area contributed by atoms with Crippen LogP contribution in [0.25, 0.3) is 22.4 Å². The third-order valence-corrected chi connectivity index (χ3v) is 4.33. The van der Waals surface area contributed by atoms with Crippen molar-refractivity contribution in [3.63, 3.8) is 0 Å². The van der Waals surface area contributed by atoms with Crippen molar-refractivity contribution >= 4 is 5.69 Å². The third kappa shape index (κ3) is 3.51. The fraction of sp³-hybridized carbons (Fsp3) is 0.136. The number of hydrogen-bond donors (Lipinski definition) is 1. The van der Waals surface area contributed by atoms with Crippen molar-refractivity contribution in [1.82, 2.24) is 4.98 Å². The Kier molecular flexibility index (Phi) is 5.18. The van der Waals surface area contributed by atoms with E-state index in [0.29, 0.717) is 28.1 Å². The van der Waals surface area contributed by atoms with Crippen molar-refractivity contribution in [2.24, 2.45) is 0 Å². The van der Waals surface area contributed by atoms with Crippen LogP contribution in [0.2, 0.25) is 0 Å². The third-order valence-electron chi connectivity index (χ3n) is 4.33. The smallest absolute Gasteiger partial charge is 0.232 e. The second kappa shape index (κ2) is 7.71. The number of ether oxygens (including phenoxy) is 1. The summed E-state index contributed by atoms with van der Waals surface area (Å²) in [6.07, 6.45) is 0. The van der Waals surface area contributed by atoms with Crippen molar-refractivity contribution in [2.75, 3.05) is 19.5 Å². The molecule has 0 aliphatic heterocycles. The molecule has 0 amide bonds. The standard InChI is InChI=1S/C22H19N3O2/c1-14-8-10-15(11-9-14)17-12-20(25-22(27-3)18(17)13-23)16-6-4-5-7-19(24-2)21(16)26/h4-12H,1-3H3,(H,24,26). The normalized spacial score (nSPS) is 10.1. The first-order chi connectivity index (χ1) is 13.1. The Labute approximate surface area is 157 Å². The number of rotatable bonds is 4. The maximum absolute atomic E-state index is 12.8. The maximum atomic E-state index is 12.8. The van der Waals surface area contributed by atoms with Crippen LogP contribution in [0.5, 0.6) is 5.88 Å². The highest BCUT2D eigenvalue weighted by molar-refractivity contribution is 5.78. The van der Waals surface area contributed by atoms with Gasteiger partial charge in [0.15, 0.2) is 0 Å². The monoisotopic (exact) mass is 357 g/mol. The molecule has 0 fully saturated rings. The van der Waals surface area contributed by atoms with Crippen molar-refractivity contribution in [2.45, 2.75) is 6.92 Å². The average molecular weight is 357 g/mol. The SMILES string of the molecule is CNc1ccccc(-c2cc(-c3ccc(C)cc3)c(C#N)c(OC)n2)c1=O. The minimum atomic E-state index is -0.170. The largest absolute Gasteiger partial charge is 0.480 e. The molecule has 0 aliphatic rings. The molecular formula is C22H19N3O2. The molecule has 5 heteroatoms. The van der Waals surface area contributed by atoms with Gasteiger partial charge in [0.25, 0.3) is 0 Å². The summed E-state index contributed by atoms with van der Waals surface area (Å²) in [6, 6.07) is 18.8. The van der Waals surface area contributed by atoms with Crippen LogP contribution in [-0.4, -0.2) is 19.1 Å². The van der Waals surface area contributed by atoms with Gasteiger partial charge < -0.3 is 10.1 Å². The van der Waals surface area contributed by atoms with Gasteiger partial charge in [0.2, 0.25) is 11.3 Å². The number of nitriles is 1. The molecule has 1 N–H and O–H groups in total. The van der Waals surface area contributed by atoms with E-state index in [1.165, 1.54) is 7.11 Å². The molecule has 1 heterocycles. The van der Waals surface area contributed by atoms with E-state index in [2.05, 4.69) is 16.4 Å². The van der Waals surface area contributed by atoms with Crippen LogP contribution in [0.3, 0.4) is 0 Å². The second-order valence-electron chi connectivity index (χ2n) is 6.04. The van der Waals surface area contributed by atoms with Gasteiger partial charge in [-0.1, -0.05) is 42.0 Å². The number of nitrogens with zero attached hydrogens (tertiary/aromatic N) is 2. The molecule has 0 radical (unpaired) electrons. The number of hydrogen-bond acceptors (Lipinski definition) is 5. The lowest BCUT2D eigenvalue weighted by molar-refractivity contribution is 0.397. The lowest BCUT2D eigenvalue weighted by Gasteiger charge is -2.11. The fourth-order valence-electron chi connectivity index (χ4n) is 2.87. The van der Waals surface area contributed by atoms with E-state index >= 15 is 0 Å². The highest BCUT2D eigenvalue weighted by atomic mass is 16.5. The summed E-state index contributed by atoms with van der Waals surface area (Å²) in [7, 11) is 3.17. The van der Waals surface area contributed by atoms with Gasteiger partial charge in [-0.3, -0.25) is 4.79 Å². The Morgan fingerprint density at radius 2 is 1.78 bits per heavy atom. The van der Waals surface area contributed by atoms with E-state index in [1.54, 1.807) is 37.4 Å². The highest BCUT2D eigenvalue weighted by Gasteiger charge is 2.17. The van der Waals surface area contributed by atoms with Crippen molar-refractivity contribution < 1.29 is 4.74 Å². The van der Waals surface area contributed by atoms with E-state index in [4.69, 9.17) is 4.74 Å². The van der Waals surface area contributed by atoms with Crippen LogP contribution in [0.4, 0.5) is 5.69 Å². The molecule has 0 spiro atoms. The molecule has 27 heavy (non-hydrogen) atoms. The number of nitrogens with one attached hydrogen (secondary N) is 1. The Balaban J connectivity index is 2.33. The molecule has 3 rings (SSSR count). The van der Waals surface area contributed by atoms with Gasteiger partial charge in [-0.2, -0.15) is 5.26 Å². The summed E-state index contributed by atoms with van der Waals surface area (Å²) in [6.45, 7) is 2.00. The van der Waals surface area contributed by atoms with Crippen LogP contribution in [-0.2, 0) is 0 Å². The van der Waals surface area contributed by atoms with Gasteiger partial charge in [-0.25, -0.2) is 4.98 Å². The van der Waals surface area contributed by atoms with Crippen LogP contribution < -0.4 is 15.5 Å². The number of benzene rings is 1. The van der Waals surface area contributed by atoms with Gasteiger partial charge >= 0.3 is 0 Å². The number of anilines is 1. The molecular weight excluding hydrogens is 338 g/mol. The number of methoxy groups -OCH3 is 1. The molecule has 5 nitrogen and oxygen atoms in total. The van der Waals surface area contributed by atoms with Crippen molar-refractivity contribution in [3.8, 4) is 34.3 Å². The lowest BCUT2D eigenvalue weighted by atomic mass is 9.98. The molecule has 0 unspecified atom stereocenters. The van der Waals surface area contributed by atoms with E-state index in [9.17, 15) is 10.1 Å². The van der Waals surface area contributed by atoms with Crippen LogP contribution in [0.15, 0.2) is 59.4 Å². The van der Waals surface area contributed by atoms with Gasteiger partial charge in [0.1, 0.15) is 11.6 Å². The van der Waals surface area contributed by atoms with Crippen molar-refractivity contribution in [1.29, 1.82) is 5.26 Å². The fourth-order valence-corrected chi connectivity index (χ4v) is 2.87. The Hall–Kier alpha value is -3.65. The zero-order chi connectivity index (χ0) is 19.4. The predicted octanol–water partition coefficient (Wildman–Crippen LogP) is 4.01. The first kappa shape index (κ1) is 18.2. The summed E-state index contributed by atoms with van der Waals surface area (Å²) in [4.78, 5) is 17.3. The second-order valence-corrected chi connectivity index (χ2v) is 6.04. The summed E-state index contributed by atoms with van der Waals surface area (Å²) in [5.41, 5.74) is 4.19. The summed E-state index contributed by atoms with van der Waals surface area (Å²) in [5.74, 6) is 0.197. The van der Waals surface area contributed by atoms with Crippen LogP contribution in [0.1, 0.15) is 11.1 Å². The minimum absolute atomic E-state index is 0.170. The van der Waals surface area contributed by atoms with Gasteiger partial charge in [-0.15, -0.1) is 0 Å². The minimum Gasteiger partial charge on any atom is -0.480 e. The molecule has 2 aromatic carbocycles. The van der Waals surface area contributed by atoms with E-state index in [1.807, 2.05) is 31.2 Å². The van der Waals surface area contributed by atoms with E-state index in [0.717, 1.165) is 11.1 Å². The van der Waals surface area contributed by atoms with Crippen molar-refractivity contribution in [3.05, 3.63) is 75.9 Å². The molecule has 134 valence electrons.